The summed E-state index contributed by atoms with van der Waals surface area (Å²) < 4.78 is 0. The van der Waals surface area contributed by atoms with E-state index in [2.05, 4.69) is 22.8 Å². The molecule has 2 N–H and O–H groups in total. The van der Waals surface area contributed by atoms with E-state index in [0.29, 0.717) is 6.54 Å². The molecule has 21 heavy (non-hydrogen) atoms. The standard InChI is InChI=1S/C16H23N3O2/c1-16(2)14(20)19(15(21)18-16)11-13(17-3)10-9-12-7-5-4-6-8-12/h4-8,13,17H,9-11H2,1-3H3,(H,18,21). The Bertz CT molecular complexity index is 514. The Kier molecular flexibility index (Phi) is 4.63. The Morgan fingerprint density at radius 1 is 1.24 bits per heavy atom. The number of likely N-dealkylation sites (N-methyl/N-ethyl adjacent to an activating group) is 1. The minimum absolute atomic E-state index is 0.0915. The van der Waals surface area contributed by atoms with E-state index in [9.17, 15) is 9.59 Å². The summed E-state index contributed by atoms with van der Waals surface area (Å²) in [5.41, 5.74) is 0.463. The normalized spacial score (nSPS) is 18.7. The molecule has 1 aliphatic rings. The first kappa shape index (κ1) is 15.5. The fourth-order valence-corrected chi connectivity index (χ4v) is 2.52. The molecule has 1 aromatic carbocycles. The van der Waals surface area contributed by atoms with Crippen LogP contribution in [0.25, 0.3) is 0 Å². The molecule has 1 atom stereocenters. The Hall–Kier alpha value is -1.88. The molecule has 0 radical (unpaired) electrons. The van der Waals surface area contributed by atoms with Crippen molar-refractivity contribution in [2.24, 2.45) is 0 Å². The average molecular weight is 289 g/mol. The molecular weight excluding hydrogens is 266 g/mol. The zero-order valence-electron chi connectivity index (χ0n) is 12.8. The van der Waals surface area contributed by atoms with Crippen LogP contribution in [0.1, 0.15) is 25.8 Å². The van der Waals surface area contributed by atoms with Crippen molar-refractivity contribution in [2.75, 3.05) is 13.6 Å². The molecule has 0 spiro atoms. The summed E-state index contributed by atoms with van der Waals surface area (Å²) in [6.45, 7) is 3.86. The van der Waals surface area contributed by atoms with Gasteiger partial charge in [-0.2, -0.15) is 0 Å². The SMILES string of the molecule is CNC(CCc1ccccc1)CN1C(=O)NC(C)(C)C1=O. The van der Waals surface area contributed by atoms with Crippen molar-refractivity contribution in [2.45, 2.75) is 38.3 Å². The van der Waals surface area contributed by atoms with E-state index in [-0.39, 0.29) is 18.0 Å². The molecule has 0 aromatic heterocycles. The molecule has 0 saturated carbocycles. The number of aryl methyl sites for hydroxylation is 1. The number of amides is 3. The zero-order valence-corrected chi connectivity index (χ0v) is 12.8. The Balaban J connectivity index is 1.93. The van der Waals surface area contributed by atoms with Gasteiger partial charge >= 0.3 is 6.03 Å². The van der Waals surface area contributed by atoms with E-state index >= 15 is 0 Å². The number of urea groups is 1. The highest BCUT2D eigenvalue weighted by atomic mass is 16.2. The first-order valence-electron chi connectivity index (χ1n) is 7.29. The number of carbonyl (C=O) groups is 2. The summed E-state index contributed by atoms with van der Waals surface area (Å²) in [5, 5.41) is 5.90. The van der Waals surface area contributed by atoms with Crippen LogP contribution in [-0.4, -0.2) is 42.0 Å². The van der Waals surface area contributed by atoms with Crippen molar-refractivity contribution in [1.29, 1.82) is 0 Å². The van der Waals surface area contributed by atoms with Crippen LogP contribution in [-0.2, 0) is 11.2 Å². The molecule has 1 aliphatic heterocycles. The molecule has 114 valence electrons. The monoisotopic (exact) mass is 289 g/mol. The number of nitrogens with zero attached hydrogens (tertiary/aromatic N) is 1. The van der Waals surface area contributed by atoms with Gasteiger partial charge in [-0.05, 0) is 39.3 Å². The molecule has 2 rings (SSSR count). The molecule has 5 heteroatoms. The van der Waals surface area contributed by atoms with E-state index < -0.39 is 5.54 Å². The lowest BCUT2D eigenvalue weighted by Crippen LogP contribution is -2.44. The molecule has 0 aliphatic carbocycles. The predicted molar refractivity (Wildman–Crippen MR) is 81.9 cm³/mol. The van der Waals surface area contributed by atoms with Crippen LogP contribution in [0.5, 0.6) is 0 Å². The van der Waals surface area contributed by atoms with Gasteiger partial charge in [-0.1, -0.05) is 30.3 Å². The molecule has 0 bridgehead atoms. The second-order valence-corrected chi connectivity index (χ2v) is 5.98. The van der Waals surface area contributed by atoms with Crippen LogP contribution in [0.4, 0.5) is 4.79 Å². The van der Waals surface area contributed by atoms with Crippen LogP contribution in [0, 0.1) is 0 Å². The quantitative estimate of drug-likeness (QED) is 0.781. The number of carbonyl (C=O) groups excluding carboxylic acids is 2. The van der Waals surface area contributed by atoms with Crippen LogP contribution in [0.3, 0.4) is 0 Å². The largest absolute Gasteiger partial charge is 0.325 e. The fraction of sp³-hybridized carbons (Fsp3) is 0.500. The molecule has 1 fully saturated rings. The second kappa shape index (κ2) is 6.26. The molecule has 3 amide bonds. The lowest BCUT2D eigenvalue weighted by Gasteiger charge is -2.22. The van der Waals surface area contributed by atoms with E-state index in [1.54, 1.807) is 13.8 Å². The van der Waals surface area contributed by atoms with Crippen molar-refractivity contribution in [3.8, 4) is 0 Å². The fourth-order valence-electron chi connectivity index (χ4n) is 2.52. The van der Waals surface area contributed by atoms with Gasteiger partial charge in [-0.25, -0.2) is 4.79 Å². The molecular formula is C16H23N3O2. The van der Waals surface area contributed by atoms with Gasteiger partial charge in [0.05, 0.1) is 0 Å². The highest BCUT2D eigenvalue weighted by Gasteiger charge is 2.44. The molecule has 5 nitrogen and oxygen atoms in total. The Morgan fingerprint density at radius 2 is 1.90 bits per heavy atom. The van der Waals surface area contributed by atoms with Gasteiger partial charge in [-0.15, -0.1) is 0 Å². The second-order valence-electron chi connectivity index (χ2n) is 5.98. The molecule has 1 saturated heterocycles. The number of benzene rings is 1. The van der Waals surface area contributed by atoms with Crippen molar-refractivity contribution in [1.82, 2.24) is 15.5 Å². The summed E-state index contributed by atoms with van der Waals surface area (Å²) in [6, 6.07) is 9.99. The van der Waals surface area contributed by atoms with E-state index in [4.69, 9.17) is 0 Å². The number of hydrogen-bond acceptors (Lipinski definition) is 3. The highest BCUT2D eigenvalue weighted by molar-refractivity contribution is 6.06. The van der Waals surface area contributed by atoms with Gasteiger partial charge in [0, 0.05) is 12.6 Å². The summed E-state index contributed by atoms with van der Waals surface area (Å²) in [5.74, 6) is -0.160. The van der Waals surface area contributed by atoms with Gasteiger partial charge in [0.25, 0.3) is 5.91 Å². The maximum Gasteiger partial charge on any atom is 0.325 e. The number of rotatable bonds is 6. The van der Waals surface area contributed by atoms with Crippen molar-refractivity contribution >= 4 is 11.9 Å². The van der Waals surface area contributed by atoms with Gasteiger partial charge in [0.15, 0.2) is 0 Å². The first-order valence-corrected chi connectivity index (χ1v) is 7.29. The summed E-state index contributed by atoms with van der Waals surface area (Å²) in [4.78, 5) is 25.4. The lowest BCUT2D eigenvalue weighted by atomic mass is 10.0. The number of hydrogen-bond donors (Lipinski definition) is 2. The Morgan fingerprint density at radius 3 is 2.43 bits per heavy atom. The van der Waals surface area contributed by atoms with Gasteiger partial charge < -0.3 is 10.6 Å². The molecule has 1 unspecified atom stereocenters. The smallest absolute Gasteiger partial charge is 0.324 e. The third kappa shape index (κ3) is 3.61. The Labute approximate surface area is 125 Å². The van der Waals surface area contributed by atoms with Crippen molar-refractivity contribution in [3.63, 3.8) is 0 Å². The van der Waals surface area contributed by atoms with Crippen molar-refractivity contribution in [3.05, 3.63) is 35.9 Å². The van der Waals surface area contributed by atoms with Gasteiger partial charge in [-0.3, -0.25) is 9.69 Å². The third-order valence-electron chi connectivity index (χ3n) is 3.88. The van der Waals surface area contributed by atoms with E-state index in [1.165, 1.54) is 10.5 Å². The zero-order chi connectivity index (χ0) is 15.5. The number of nitrogens with one attached hydrogen (secondary N) is 2. The lowest BCUT2D eigenvalue weighted by molar-refractivity contribution is -0.130. The van der Waals surface area contributed by atoms with Gasteiger partial charge in [0.1, 0.15) is 5.54 Å². The highest BCUT2D eigenvalue weighted by Crippen LogP contribution is 2.17. The predicted octanol–water partition coefficient (Wildman–Crippen LogP) is 1.54. The minimum Gasteiger partial charge on any atom is -0.324 e. The van der Waals surface area contributed by atoms with E-state index in [1.807, 2.05) is 25.2 Å². The average Bonchev–Trinajstić information content (AvgIpc) is 2.65. The third-order valence-corrected chi connectivity index (χ3v) is 3.88. The van der Waals surface area contributed by atoms with Crippen LogP contribution < -0.4 is 10.6 Å². The van der Waals surface area contributed by atoms with E-state index in [0.717, 1.165) is 12.8 Å². The van der Waals surface area contributed by atoms with Crippen LogP contribution in [0.15, 0.2) is 30.3 Å². The topological polar surface area (TPSA) is 61.4 Å². The maximum absolute atomic E-state index is 12.2. The van der Waals surface area contributed by atoms with Crippen LogP contribution in [0.2, 0.25) is 0 Å². The first-order chi connectivity index (χ1) is 9.94. The minimum atomic E-state index is -0.797. The maximum atomic E-state index is 12.2. The molecule has 1 heterocycles. The number of imide groups is 1. The summed E-state index contributed by atoms with van der Waals surface area (Å²) >= 11 is 0. The van der Waals surface area contributed by atoms with Gasteiger partial charge in [0.2, 0.25) is 0 Å². The van der Waals surface area contributed by atoms with Crippen LogP contribution >= 0.6 is 0 Å². The molecule has 1 aromatic rings. The summed E-state index contributed by atoms with van der Waals surface area (Å²) in [6.07, 6.45) is 1.79. The summed E-state index contributed by atoms with van der Waals surface area (Å²) in [7, 11) is 1.86. The van der Waals surface area contributed by atoms with Crippen molar-refractivity contribution < 1.29 is 9.59 Å².